The minimum absolute atomic E-state index is 0.775. The van der Waals surface area contributed by atoms with Crippen molar-refractivity contribution in [2.24, 2.45) is 0 Å². The summed E-state index contributed by atoms with van der Waals surface area (Å²) in [5.74, 6) is 1.03. The number of hydrogen-bond acceptors (Lipinski definition) is 2. The van der Waals surface area contributed by atoms with Gasteiger partial charge in [-0.3, -0.25) is 0 Å². The van der Waals surface area contributed by atoms with Crippen LogP contribution in [-0.4, -0.2) is 31.1 Å². The van der Waals surface area contributed by atoms with Crippen molar-refractivity contribution in [3.05, 3.63) is 29.3 Å². The molecule has 0 saturated heterocycles. The molecule has 0 aromatic heterocycles. The molecule has 2 heteroatoms. The maximum Gasteiger partial charge on any atom is 0.122 e. The molecule has 0 unspecified atom stereocenters. The lowest BCUT2D eigenvalue weighted by Crippen LogP contribution is -2.36. The lowest BCUT2D eigenvalue weighted by molar-refractivity contribution is 0.159. The Bertz CT molecular complexity index is 396. The Morgan fingerprint density at radius 1 is 1.16 bits per heavy atom. The van der Waals surface area contributed by atoms with Crippen molar-refractivity contribution in [3.8, 4) is 5.75 Å². The van der Waals surface area contributed by atoms with E-state index in [-0.39, 0.29) is 0 Å². The fourth-order valence-corrected chi connectivity index (χ4v) is 2.97. The Balaban J connectivity index is 1.76. The summed E-state index contributed by atoms with van der Waals surface area (Å²) >= 11 is 0. The zero-order valence-corrected chi connectivity index (χ0v) is 12.6. The molecular weight excluding hydrogens is 234 g/mol. The molecule has 0 bridgehead atoms. The Morgan fingerprint density at radius 3 is 2.58 bits per heavy atom. The zero-order valence-electron chi connectivity index (χ0n) is 12.6. The molecule has 1 saturated carbocycles. The fourth-order valence-electron chi connectivity index (χ4n) is 2.97. The molecule has 0 heterocycles. The van der Waals surface area contributed by atoms with Gasteiger partial charge in [-0.25, -0.2) is 0 Å². The van der Waals surface area contributed by atoms with E-state index in [1.165, 1.54) is 43.2 Å². The van der Waals surface area contributed by atoms with E-state index >= 15 is 0 Å². The van der Waals surface area contributed by atoms with Gasteiger partial charge in [-0.05, 0) is 45.4 Å². The summed E-state index contributed by atoms with van der Waals surface area (Å²) in [5, 5.41) is 0. The average Bonchev–Trinajstić information content (AvgIpc) is 2.42. The third kappa shape index (κ3) is 4.24. The van der Waals surface area contributed by atoms with Crippen LogP contribution in [0.4, 0.5) is 0 Å². The lowest BCUT2D eigenvalue weighted by Gasteiger charge is -2.31. The summed E-state index contributed by atoms with van der Waals surface area (Å²) in [7, 11) is 2.24. The number of likely N-dealkylation sites (N-methyl/N-ethyl adjacent to an activating group) is 1. The highest BCUT2D eigenvalue weighted by molar-refractivity contribution is 5.35. The summed E-state index contributed by atoms with van der Waals surface area (Å²) in [6.45, 7) is 6.05. The van der Waals surface area contributed by atoms with E-state index in [0.717, 1.165) is 24.9 Å². The number of nitrogens with zero attached hydrogens (tertiary/aromatic N) is 1. The number of aryl methyl sites for hydroxylation is 2. The predicted molar refractivity (Wildman–Crippen MR) is 80.9 cm³/mol. The van der Waals surface area contributed by atoms with Crippen LogP contribution in [0.2, 0.25) is 0 Å². The van der Waals surface area contributed by atoms with Crippen LogP contribution in [0.1, 0.15) is 43.2 Å². The Labute approximate surface area is 117 Å². The van der Waals surface area contributed by atoms with Gasteiger partial charge in [0.2, 0.25) is 0 Å². The molecule has 2 rings (SSSR count). The predicted octanol–water partition coefficient (Wildman–Crippen LogP) is 3.95. The van der Waals surface area contributed by atoms with E-state index in [4.69, 9.17) is 4.74 Å². The average molecular weight is 261 g/mol. The largest absolute Gasteiger partial charge is 0.492 e. The topological polar surface area (TPSA) is 12.5 Å². The molecular formula is C17H27NO. The molecule has 0 aliphatic heterocycles. The van der Waals surface area contributed by atoms with Crippen LogP contribution in [0.25, 0.3) is 0 Å². The first-order valence-corrected chi connectivity index (χ1v) is 7.57. The summed E-state index contributed by atoms with van der Waals surface area (Å²) in [6.07, 6.45) is 6.93. The van der Waals surface area contributed by atoms with Crippen molar-refractivity contribution in [1.82, 2.24) is 4.90 Å². The van der Waals surface area contributed by atoms with Crippen LogP contribution in [0, 0.1) is 13.8 Å². The first kappa shape index (κ1) is 14.4. The van der Waals surface area contributed by atoms with Crippen molar-refractivity contribution in [2.45, 2.75) is 52.0 Å². The Hall–Kier alpha value is -1.02. The molecule has 106 valence electrons. The van der Waals surface area contributed by atoms with Crippen LogP contribution in [0.5, 0.6) is 5.75 Å². The molecule has 19 heavy (non-hydrogen) atoms. The summed E-state index contributed by atoms with van der Waals surface area (Å²) < 4.78 is 5.91. The smallest absolute Gasteiger partial charge is 0.122 e. The molecule has 0 atom stereocenters. The second-order valence-corrected chi connectivity index (χ2v) is 5.89. The highest BCUT2D eigenvalue weighted by Crippen LogP contribution is 2.22. The van der Waals surface area contributed by atoms with Crippen molar-refractivity contribution < 1.29 is 4.74 Å². The molecule has 1 aliphatic rings. The summed E-state index contributed by atoms with van der Waals surface area (Å²) in [4.78, 5) is 2.47. The molecule has 1 fully saturated rings. The SMILES string of the molecule is Cc1ccc(OCCN(C)C2CCCCC2)c(C)c1. The maximum absolute atomic E-state index is 5.91. The second kappa shape index (κ2) is 6.95. The van der Waals surface area contributed by atoms with Crippen LogP contribution >= 0.6 is 0 Å². The van der Waals surface area contributed by atoms with Gasteiger partial charge in [0.25, 0.3) is 0 Å². The Morgan fingerprint density at radius 2 is 1.89 bits per heavy atom. The van der Waals surface area contributed by atoms with Gasteiger partial charge in [-0.1, -0.05) is 37.0 Å². The first-order chi connectivity index (χ1) is 9.16. The third-order valence-electron chi connectivity index (χ3n) is 4.23. The third-order valence-corrected chi connectivity index (χ3v) is 4.23. The highest BCUT2D eigenvalue weighted by atomic mass is 16.5. The van der Waals surface area contributed by atoms with Crippen molar-refractivity contribution in [1.29, 1.82) is 0 Å². The van der Waals surface area contributed by atoms with E-state index in [2.05, 4.69) is 44.0 Å². The van der Waals surface area contributed by atoms with Gasteiger partial charge in [0.15, 0.2) is 0 Å². The lowest BCUT2D eigenvalue weighted by atomic mass is 9.94. The van der Waals surface area contributed by atoms with Crippen molar-refractivity contribution in [2.75, 3.05) is 20.2 Å². The van der Waals surface area contributed by atoms with Crippen molar-refractivity contribution >= 4 is 0 Å². The van der Waals surface area contributed by atoms with Gasteiger partial charge in [0.05, 0.1) is 0 Å². The molecule has 1 aromatic carbocycles. The summed E-state index contributed by atoms with van der Waals surface area (Å²) in [5.41, 5.74) is 2.53. The van der Waals surface area contributed by atoms with Gasteiger partial charge >= 0.3 is 0 Å². The van der Waals surface area contributed by atoms with Crippen LogP contribution < -0.4 is 4.74 Å². The molecule has 0 radical (unpaired) electrons. The number of rotatable bonds is 5. The molecule has 0 N–H and O–H groups in total. The van der Waals surface area contributed by atoms with Crippen LogP contribution in [0.3, 0.4) is 0 Å². The minimum atomic E-state index is 0.775. The van der Waals surface area contributed by atoms with Gasteiger partial charge in [0, 0.05) is 12.6 Å². The van der Waals surface area contributed by atoms with E-state index < -0.39 is 0 Å². The van der Waals surface area contributed by atoms with Gasteiger partial charge in [-0.2, -0.15) is 0 Å². The van der Waals surface area contributed by atoms with Crippen LogP contribution in [-0.2, 0) is 0 Å². The minimum Gasteiger partial charge on any atom is -0.492 e. The van der Waals surface area contributed by atoms with E-state index in [0.29, 0.717) is 0 Å². The number of benzene rings is 1. The van der Waals surface area contributed by atoms with Gasteiger partial charge < -0.3 is 9.64 Å². The first-order valence-electron chi connectivity index (χ1n) is 7.57. The molecule has 2 nitrogen and oxygen atoms in total. The van der Waals surface area contributed by atoms with E-state index in [1.807, 2.05) is 0 Å². The van der Waals surface area contributed by atoms with E-state index in [1.54, 1.807) is 0 Å². The van der Waals surface area contributed by atoms with Crippen molar-refractivity contribution in [3.63, 3.8) is 0 Å². The fraction of sp³-hybridized carbons (Fsp3) is 0.647. The zero-order chi connectivity index (χ0) is 13.7. The normalized spacial score (nSPS) is 16.8. The van der Waals surface area contributed by atoms with Gasteiger partial charge in [0.1, 0.15) is 12.4 Å². The number of ether oxygens (including phenoxy) is 1. The summed E-state index contributed by atoms with van der Waals surface area (Å²) in [6, 6.07) is 7.16. The molecule has 0 spiro atoms. The Kier molecular flexibility index (Phi) is 5.26. The monoisotopic (exact) mass is 261 g/mol. The molecule has 1 aliphatic carbocycles. The van der Waals surface area contributed by atoms with Gasteiger partial charge in [-0.15, -0.1) is 0 Å². The standard InChI is InChI=1S/C17H27NO/c1-14-9-10-17(15(2)13-14)19-12-11-18(3)16-7-5-4-6-8-16/h9-10,13,16H,4-8,11-12H2,1-3H3. The number of hydrogen-bond donors (Lipinski definition) is 0. The molecule has 0 amide bonds. The van der Waals surface area contributed by atoms with Crippen LogP contribution in [0.15, 0.2) is 18.2 Å². The quantitative estimate of drug-likeness (QED) is 0.796. The van der Waals surface area contributed by atoms with E-state index in [9.17, 15) is 0 Å². The second-order valence-electron chi connectivity index (χ2n) is 5.89. The highest BCUT2D eigenvalue weighted by Gasteiger charge is 2.17. The maximum atomic E-state index is 5.91. The molecule has 1 aromatic rings.